The van der Waals surface area contributed by atoms with Crippen LogP contribution >= 0.6 is 0 Å². The minimum absolute atomic E-state index is 0.0694. The summed E-state index contributed by atoms with van der Waals surface area (Å²) in [6.45, 7) is 2.99. The molecule has 0 aliphatic carbocycles. The number of nitrogens with zero attached hydrogens (tertiary/aromatic N) is 3. The van der Waals surface area contributed by atoms with Gasteiger partial charge in [0, 0.05) is 5.92 Å². The number of nitrogens with two attached hydrogens (primary N) is 2. The van der Waals surface area contributed by atoms with Crippen LogP contribution in [0.3, 0.4) is 0 Å². The van der Waals surface area contributed by atoms with Crippen molar-refractivity contribution >= 4 is 11.9 Å². The molecule has 0 spiro atoms. The fraction of sp³-hybridized carbons (Fsp3) is 0.304. The van der Waals surface area contributed by atoms with Crippen LogP contribution < -0.4 is 11.7 Å². The number of rotatable bonds is 10. The van der Waals surface area contributed by atoms with Crippen molar-refractivity contribution in [3.05, 3.63) is 77.9 Å². The van der Waals surface area contributed by atoms with Gasteiger partial charge in [0.15, 0.2) is 0 Å². The molecule has 6 heteroatoms. The van der Waals surface area contributed by atoms with Gasteiger partial charge in [0.05, 0.1) is 31.7 Å². The minimum Gasteiger partial charge on any atom is -0.376 e. The predicted molar refractivity (Wildman–Crippen MR) is 117 cm³/mol. The maximum Gasteiger partial charge on any atom is 0.144 e. The highest BCUT2D eigenvalue weighted by molar-refractivity contribution is 5.84. The topological polar surface area (TPSA) is 101 Å². The second-order valence-corrected chi connectivity index (χ2v) is 6.70. The maximum atomic E-state index is 9.24. The molecule has 0 radical (unpaired) electrons. The Kier molecular flexibility index (Phi) is 9.43. The van der Waals surface area contributed by atoms with Crippen LogP contribution in [-0.2, 0) is 11.3 Å². The Balaban J connectivity index is 2.04. The van der Waals surface area contributed by atoms with Gasteiger partial charge in [-0.3, -0.25) is 5.01 Å². The van der Waals surface area contributed by atoms with Crippen LogP contribution in [0.25, 0.3) is 6.08 Å². The first-order valence-corrected chi connectivity index (χ1v) is 9.73. The van der Waals surface area contributed by atoms with Crippen molar-refractivity contribution in [1.82, 2.24) is 5.01 Å². The van der Waals surface area contributed by atoms with E-state index in [-0.39, 0.29) is 18.4 Å². The fourth-order valence-electron chi connectivity index (χ4n) is 2.96. The zero-order valence-electron chi connectivity index (χ0n) is 16.8. The molecule has 6 nitrogen and oxygen atoms in total. The molecule has 152 valence electrons. The summed E-state index contributed by atoms with van der Waals surface area (Å²) in [4.78, 5) is 0. The summed E-state index contributed by atoms with van der Waals surface area (Å²) in [6.07, 6.45) is 4.84. The van der Waals surface area contributed by atoms with E-state index >= 15 is 0 Å². The van der Waals surface area contributed by atoms with Crippen molar-refractivity contribution < 1.29 is 4.74 Å². The smallest absolute Gasteiger partial charge is 0.144 e. The second-order valence-electron chi connectivity index (χ2n) is 6.70. The Morgan fingerprint density at radius 3 is 2.41 bits per heavy atom. The lowest BCUT2D eigenvalue weighted by atomic mass is 10.0. The number of hydrazine groups is 1. The first-order valence-electron chi connectivity index (χ1n) is 9.73. The summed E-state index contributed by atoms with van der Waals surface area (Å²) in [5.41, 5.74) is 2.14. The van der Waals surface area contributed by atoms with Crippen molar-refractivity contribution in [3.8, 4) is 6.07 Å². The van der Waals surface area contributed by atoms with E-state index in [4.69, 9.17) is 16.4 Å². The number of benzene rings is 2. The first-order chi connectivity index (χ1) is 14.2. The minimum atomic E-state index is -0.342. The first kappa shape index (κ1) is 22.2. The molecular weight excluding hydrogens is 362 g/mol. The molecule has 2 rings (SSSR count). The van der Waals surface area contributed by atoms with E-state index in [1.54, 1.807) is 0 Å². The van der Waals surface area contributed by atoms with Crippen molar-refractivity contribution in [2.45, 2.75) is 32.4 Å². The molecule has 0 aliphatic heterocycles. The Morgan fingerprint density at radius 2 is 1.83 bits per heavy atom. The number of hydrogen-bond acceptors (Lipinski definition) is 5. The summed E-state index contributed by atoms with van der Waals surface area (Å²) in [5.74, 6) is 12.5. The molecule has 2 aromatic carbocycles. The second kappa shape index (κ2) is 12.3. The molecule has 0 aromatic heterocycles. The summed E-state index contributed by atoms with van der Waals surface area (Å²) < 4.78 is 5.87. The quantitative estimate of drug-likeness (QED) is 0.278. The average Bonchev–Trinajstić information content (AvgIpc) is 2.77. The zero-order valence-corrected chi connectivity index (χ0v) is 16.8. The molecule has 2 atom stereocenters. The third-order valence-electron chi connectivity index (χ3n) is 4.65. The summed E-state index contributed by atoms with van der Waals surface area (Å²) >= 11 is 0. The third kappa shape index (κ3) is 7.07. The normalized spacial score (nSPS) is 13.8. The van der Waals surface area contributed by atoms with Crippen molar-refractivity contribution in [2.24, 2.45) is 22.7 Å². The Hall–Kier alpha value is -3.14. The molecule has 2 aromatic rings. The average molecular weight is 392 g/mol. The molecule has 29 heavy (non-hydrogen) atoms. The van der Waals surface area contributed by atoms with E-state index in [0.29, 0.717) is 19.0 Å². The van der Waals surface area contributed by atoms with Gasteiger partial charge in [-0.15, -0.1) is 0 Å². The highest BCUT2D eigenvalue weighted by atomic mass is 16.5. The number of ether oxygens (including phenoxy) is 1. The molecule has 0 fully saturated rings. The van der Waals surface area contributed by atoms with Gasteiger partial charge in [0.25, 0.3) is 0 Å². The van der Waals surface area contributed by atoms with Gasteiger partial charge in [-0.25, -0.2) is 5.84 Å². The predicted octanol–water partition coefficient (Wildman–Crippen LogP) is 3.67. The molecule has 0 unspecified atom stereocenters. The molecule has 0 amide bonds. The maximum absolute atomic E-state index is 9.24. The van der Waals surface area contributed by atoms with E-state index in [0.717, 1.165) is 17.5 Å². The van der Waals surface area contributed by atoms with Gasteiger partial charge in [-0.05, 0) is 17.5 Å². The van der Waals surface area contributed by atoms with E-state index in [1.165, 1.54) is 5.01 Å². The Labute approximate surface area is 173 Å². The van der Waals surface area contributed by atoms with Crippen LogP contribution in [0, 0.1) is 17.2 Å². The highest BCUT2D eigenvalue weighted by Crippen LogP contribution is 2.15. The lowest BCUT2D eigenvalue weighted by molar-refractivity contribution is 0.0988. The molecule has 0 aliphatic rings. The van der Waals surface area contributed by atoms with Crippen LogP contribution in [0.4, 0.5) is 0 Å². The monoisotopic (exact) mass is 391 g/mol. The Bertz CT molecular complexity index is 814. The third-order valence-corrected chi connectivity index (χ3v) is 4.65. The number of amidine groups is 1. The molecule has 0 saturated heterocycles. The molecular formula is C23H29N5O. The van der Waals surface area contributed by atoms with Crippen molar-refractivity contribution in [3.63, 3.8) is 0 Å². The van der Waals surface area contributed by atoms with Gasteiger partial charge in [0.1, 0.15) is 5.84 Å². The van der Waals surface area contributed by atoms with Crippen molar-refractivity contribution in [1.29, 1.82) is 5.26 Å². The van der Waals surface area contributed by atoms with Gasteiger partial charge >= 0.3 is 0 Å². The molecule has 0 saturated carbocycles. The van der Waals surface area contributed by atoms with Gasteiger partial charge < -0.3 is 10.6 Å². The number of hydrazone groups is 1. The van der Waals surface area contributed by atoms with Crippen LogP contribution in [0.5, 0.6) is 0 Å². The van der Waals surface area contributed by atoms with Gasteiger partial charge in [-0.1, -0.05) is 79.7 Å². The molecule has 0 heterocycles. The zero-order chi connectivity index (χ0) is 20.9. The summed E-state index contributed by atoms with van der Waals surface area (Å²) in [7, 11) is 0. The SMILES string of the molecule is CC[C@H](COCc1ccccc1)/C(=N/N)N(N)[C@@H](/C=C/c1ccccc1)CC#N. The van der Waals surface area contributed by atoms with Crippen LogP contribution in [0.1, 0.15) is 30.9 Å². The largest absolute Gasteiger partial charge is 0.376 e. The van der Waals surface area contributed by atoms with E-state index in [1.807, 2.05) is 79.7 Å². The van der Waals surface area contributed by atoms with Gasteiger partial charge in [0.2, 0.25) is 0 Å². The van der Waals surface area contributed by atoms with Gasteiger partial charge in [-0.2, -0.15) is 10.4 Å². The number of nitriles is 1. The van der Waals surface area contributed by atoms with Crippen LogP contribution in [0.2, 0.25) is 0 Å². The van der Waals surface area contributed by atoms with E-state index in [2.05, 4.69) is 11.2 Å². The standard InChI is InChI=1S/C23H29N5O/c1-2-21(18-29-17-20-11-7-4-8-12-20)23(27-25)28(26)22(15-16-24)14-13-19-9-5-3-6-10-19/h3-14,21-22H,2,15,17-18,25-26H2,1H3/b14-13+,27-23-/t21-,22+/m1/s1. The lowest BCUT2D eigenvalue weighted by Gasteiger charge is -2.30. The lowest BCUT2D eigenvalue weighted by Crippen LogP contribution is -2.49. The van der Waals surface area contributed by atoms with Crippen molar-refractivity contribution in [2.75, 3.05) is 6.61 Å². The van der Waals surface area contributed by atoms with E-state index in [9.17, 15) is 5.26 Å². The van der Waals surface area contributed by atoms with E-state index < -0.39 is 0 Å². The number of hydrogen-bond donors (Lipinski definition) is 2. The highest BCUT2D eigenvalue weighted by Gasteiger charge is 2.24. The molecule has 0 bridgehead atoms. The summed E-state index contributed by atoms with van der Waals surface area (Å²) in [5, 5.41) is 14.7. The van der Waals surface area contributed by atoms with Crippen LogP contribution in [-0.4, -0.2) is 23.5 Å². The molecule has 4 N–H and O–H groups in total. The summed E-state index contributed by atoms with van der Waals surface area (Å²) in [6, 6.07) is 21.7. The fourth-order valence-corrected chi connectivity index (χ4v) is 2.96. The Morgan fingerprint density at radius 1 is 1.17 bits per heavy atom. The van der Waals surface area contributed by atoms with Crippen LogP contribution in [0.15, 0.2) is 71.8 Å².